The zero-order chi connectivity index (χ0) is 23.0. The van der Waals surface area contributed by atoms with E-state index in [2.05, 4.69) is 20.5 Å². The summed E-state index contributed by atoms with van der Waals surface area (Å²) >= 11 is 0. The lowest BCUT2D eigenvalue weighted by atomic mass is 10.1. The van der Waals surface area contributed by atoms with Crippen molar-refractivity contribution >= 4 is 17.6 Å². The van der Waals surface area contributed by atoms with Gasteiger partial charge in [0.15, 0.2) is 0 Å². The molecular formula is C22H25F3N4O3. The van der Waals surface area contributed by atoms with Crippen molar-refractivity contribution in [3.05, 3.63) is 59.7 Å². The number of carbonyl (C=O) groups excluding carboxylic acids is 1. The monoisotopic (exact) mass is 450 g/mol. The fourth-order valence-corrected chi connectivity index (χ4v) is 3.04. The Morgan fingerprint density at radius 1 is 1.09 bits per heavy atom. The summed E-state index contributed by atoms with van der Waals surface area (Å²) in [5.74, 6) is 0.313. The number of ether oxygens (including phenoxy) is 2. The van der Waals surface area contributed by atoms with Crippen molar-refractivity contribution in [1.29, 1.82) is 0 Å². The molecule has 1 saturated heterocycles. The molecule has 2 aromatic carbocycles. The van der Waals surface area contributed by atoms with E-state index < -0.39 is 17.6 Å². The molecule has 2 N–H and O–H groups in total. The minimum atomic E-state index is -4.46. The number of nitrogens with one attached hydrogen (secondary N) is 2. The van der Waals surface area contributed by atoms with E-state index in [-0.39, 0.29) is 11.5 Å². The number of morpholine rings is 1. The maximum atomic E-state index is 12.8. The molecule has 1 amide bonds. The Morgan fingerprint density at radius 2 is 1.75 bits per heavy atom. The fraction of sp³-hybridized carbons (Fsp3) is 0.364. The van der Waals surface area contributed by atoms with Gasteiger partial charge in [0.25, 0.3) is 5.91 Å². The number of halogens is 3. The maximum Gasteiger partial charge on any atom is 0.416 e. The third kappa shape index (κ3) is 6.96. The summed E-state index contributed by atoms with van der Waals surface area (Å²) in [7, 11) is 1.56. The Bertz CT molecular complexity index is 910. The van der Waals surface area contributed by atoms with Gasteiger partial charge in [-0.25, -0.2) is 0 Å². The van der Waals surface area contributed by atoms with Gasteiger partial charge >= 0.3 is 6.18 Å². The lowest BCUT2D eigenvalue weighted by molar-refractivity contribution is -0.137. The predicted molar refractivity (Wildman–Crippen MR) is 115 cm³/mol. The molecule has 7 nitrogen and oxygen atoms in total. The van der Waals surface area contributed by atoms with Crippen LogP contribution in [0.3, 0.4) is 0 Å². The summed E-state index contributed by atoms with van der Waals surface area (Å²) in [6.45, 7) is 4.08. The number of anilines is 1. The number of hydrogen-bond donors (Lipinski definition) is 2. The predicted octanol–water partition coefficient (Wildman–Crippen LogP) is 3.24. The first-order valence-corrected chi connectivity index (χ1v) is 10.1. The van der Waals surface area contributed by atoms with Gasteiger partial charge in [-0.3, -0.25) is 20.0 Å². The van der Waals surface area contributed by atoms with Crippen molar-refractivity contribution in [3.8, 4) is 5.75 Å². The molecule has 10 heteroatoms. The van der Waals surface area contributed by atoms with Crippen LogP contribution in [0.5, 0.6) is 5.75 Å². The highest BCUT2D eigenvalue weighted by molar-refractivity contribution is 6.10. The molecule has 0 unspecified atom stereocenters. The van der Waals surface area contributed by atoms with Crippen LogP contribution in [0.25, 0.3) is 0 Å². The summed E-state index contributed by atoms with van der Waals surface area (Å²) < 4.78 is 48.8. The molecule has 0 atom stereocenters. The highest BCUT2D eigenvalue weighted by Gasteiger charge is 2.30. The van der Waals surface area contributed by atoms with E-state index in [9.17, 15) is 18.0 Å². The van der Waals surface area contributed by atoms with Gasteiger partial charge in [0, 0.05) is 30.9 Å². The van der Waals surface area contributed by atoms with Gasteiger partial charge < -0.3 is 14.8 Å². The first kappa shape index (κ1) is 23.6. The topological polar surface area (TPSA) is 75.2 Å². The summed E-state index contributed by atoms with van der Waals surface area (Å²) in [5, 5.41) is 5.69. The van der Waals surface area contributed by atoms with E-state index in [0.717, 1.165) is 37.4 Å². The third-order valence-electron chi connectivity index (χ3n) is 4.85. The highest BCUT2D eigenvalue weighted by Crippen LogP contribution is 2.29. The van der Waals surface area contributed by atoms with Crippen LogP contribution >= 0.6 is 0 Å². The van der Waals surface area contributed by atoms with Crippen molar-refractivity contribution in [2.75, 3.05) is 51.8 Å². The van der Waals surface area contributed by atoms with Crippen LogP contribution in [0.1, 0.15) is 15.9 Å². The number of nitrogens with zero attached hydrogens (tertiary/aromatic N) is 2. The first-order chi connectivity index (χ1) is 15.3. The van der Waals surface area contributed by atoms with Crippen LogP contribution in [0, 0.1) is 0 Å². The van der Waals surface area contributed by atoms with Gasteiger partial charge in [-0.2, -0.15) is 13.2 Å². The Morgan fingerprint density at radius 3 is 2.34 bits per heavy atom. The second-order valence-electron chi connectivity index (χ2n) is 7.07. The van der Waals surface area contributed by atoms with Crippen LogP contribution in [0.4, 0.5) is 18.9 Å². The number of carbonyl (C=O) groups is 1. The van der Waals surface area contributed by atoms with Crippen LogP contribution in [-0.2, 0) is 10.9 Å². The molecule has 1 fully saturated rings. The van der Waals surface area contributed by atoms with Gasteiger partial charge in [-0.05, 0) is 48.5 Å². The van der Waals surface area contributed by atoms with E-state index in [4.69, 9.17) is 9.47 Å². The number of rotatable bonds is 6. The third-order valence-corrected chi connectivity index (χ3v) is 4.85. The lowest BCUT2D eigenvalue weighted by Crippen LogP contribution is -2.39. The molecular weight excluding hydrogens is 425 g/mol. The number of alkyl halides is 3. The minimum Gasteiger partial charge on any atom is -0.497 e. The van der Waals surface area contributed by atoms with Gasteiger partial charge in [0.2, 0.25) is 5.96 Å². The van der Waals surface area contributed by atoms with Crippen molar-refractivity contribution in [1.82, 2.24) is 10.2 Å². The number of methoxy groups -OCH3 is 1. The molecule has 0 bridgehead atoms. The number of amides is 1. The van der Waals surface area contributed by atoms with Crippen LogP contribution < -0.4 is 15.4 Å². The van der Waals surface area contributed by atoms with Crippen molar-refractivity contribution in [2.45, 2.75) is 6.18 Å². The molecule has 1 aliphatic rings. The Kier molecular flexibility index (Phi) is 8.07. The van der Waals surface area contributed by atoms with Crippen molar-refractivity contribution < 1.29 is 27.4 Å². The Hall–Kier alpha value is -3.11. The van der Waals surface area contributed by atoms with E-state index in [1.54, 1.807) is 31.4 Å². The molecule has 2 aromatic rings. The molecule has 3 rings (SSSR count). The second kappa shape index (κ2) is 11.0. The highest BCUT2D eigenvalue weighted by atomic mass is 19.4. The molecule has 0 spiro atoms. The molecule has 1 heterocycles. The zero-order valence-corrected chi connectivity index (χ0v) is 17.6. The molecule has 0 aliphatic carbocycles. The molecule has 172 valence electrons. The van der Waals surface area contributed by atoms with E-state index in [1.807, 2.05) is 0 Å². The van der Waals surface area contributed by atoms with Gasteiger partial charge in [-0.15, -0.1) is 0 Å². The molecule has 1 aliphatic heterocycles. The average molecular weight is 450 g/mol. The maximum absolute atomic E-state index is 12.8. The van der Waals surface area contributed by atoms with Crippen LogP contribution in [0.15, 0.2) is 53.5 Å². The lowest BCUT2D eigenvalue weighted by Gasteiger charge is -2.25. The Balaban J connectivity index is 1.69. The summed E-state index contributed by atoms with van der Waals surface area (Å²) in [6.07, 6.45) is -4.46. The SMILES string of the molecule is COc1ccc(NC(=NCCN2CCOCC2)NC(=O)c2ccc(C(F)(F)F)cc2)cc1. The molecule has 0 saturated carbocycles. The summed E-state index contributed by atoms with van der Waals surface area (Å²) in [5.41, 5.74) is -0.0520. The average Bonchev–Trinajstić information content (AvgIpc) is 2.79. The molecule has 32 heavy (non-hydrogen) atoms. The first-order valence-electron chi connectivity index (χ1n) is 10.1. The molecule has 0 aromatic heterocycles. The van der Waals surface area contributed by atoms with Gasteiger partial charge in [0.05, 0.1) is 32.4 Å². The van der Waals surface area contributed by atoms with Crippen molar-refractivity contribution in [3.63, 3.8) is 0 Å². The summed E-state index contributed by atoms with van der Waals surface area (Å²) in [4.78, 5) is 19.3. The fourth-order valence-electron chi connectivity index (χ4n) is 3.04. The van der Waals surface area contributed by atoms with Crippen molar-refractivity contribution in [2.24, 2.45) is 4.99 Å². The molecule has 0 radical (unpaired) electrons. The largest absolute Gasteiger partial charge is 0.497 e. The smallest absolute Gasteiger partial charge is 0.416 e. The minimum absolute atomic E-state index is 0.0930. The van der Waals surface area contributed by atoms with E-state index in [1.165, 1.54) is 0 Å². The zero-order valence-electron chi connectivity index (χ0n) is 17.6. The van der Waals surface area contributed by atoms with Crippen LogP contribution in [0.2, 0.25) is 0 Å². The Labute approximate surface area is 184 Å². The number of hydrogen-bond acceptors (Lipinski definition) is 5. The number of aliphatic imine (C=N–C) groups is 1. The second-order valence-corrected chi connectivity index (χ2v) is 7.07. The summed E-state index contributed by atoms with van der Waals surface area (Å²) in [6, 6.07) is 11.1. The number of guanidine groups is 1. The standard InChI is InChI=1S/C22H25F3N4O3/c1-31-19-8-6-18(7-9-19)27-21(26-10-11-29-12-14-32-15-13-29)28-20(30)16-2-4-17(5-3-16)22(23,24)25/h2-9H,10-15H2,1H3,(H2,26,27,28,30). The van der Waals surface area contributed by atoms with E-state index in [0.29, 0.717) is 37.7 Å². The normalized spacial score (nSPS) is 15.3. The van der Waals surface area contributed by atoms with Gasteiger partial charge in [0.1, 0.15) is 5.75 Å². The quantitative estimate of drug-likeness (QED) is 0.522. The number of benzene rings is 2. The van der Waals surface area contributed by atoms with Gasteiger partial charge in [-0.1, -0.05) is 0 Å². The van der Waals surface area contributed by atoms with Crippen LogP contribution in [-0.4, -0.2) is 63.3 Å². The van der Waals surface area contributed by atoms with E-state index >= 15 is 0 Å².